The molecular formula is C16H20N2OS. The van der Waals surface area contributed by atoms with Crippen LogP contribution in [0.1, 0.15) is 19.4 Å². The van der Waals surface area contributed by atoms with Crippen LogP contribution in [0.25, 0.3) is 0 Å². The lowest BCUT2D eigenvalue weighted by Gasteiger charge is -2.08. The molecule has 1 N–H and O–H groups in total. The van der Waals surface area contributed by atoms with Gasteiger partial charge in [-0.15, -0.1) is 0 Å². The predicted octanol–water partition coefficient (Wildman–Crippen LogP) is 3.74. The highest BCUT2D eigenvalue weighted by molar-refractivity contribution is 7.99. The van der Waals surface area contributed by atoms with Crippen molar-refractivity contribution in [1.82, 2.24) is 10.3 Å². The summed E-state index contributed by atoms with van der Waals surface area (Å²) in [4.78, 5) is 5.62. The largest absolute Gasteiger partial charge is 0.497 e. The van der Waals surface area contributed by atoms with E-state index in [1.165, 1.54) is 5.56 Å². The monoisotopic (exact) mass is 288 g/mol. The molecule has 0 aliphatic rings. The van der Waals surface area contributed by atoms with Crippen LogP contribution >= 0.6 is 11.8 Å². The third kappa shape index (κ3) is 4.54. The lowest BCUT2D eigenvalue weighted by atomic mass is 10.2. The van der Waals surface area contributed by atoms with Gasteiger partial charge in [0.05, 0.1) is 7.11 Å². The van der Waals surface area contributed by atoms with Gasteiger partial charge in [0.15, 0.2) is 0 Å². The maximum atomic E-state index is 5.22. The van der Waals surface area contributed by atoms with Gasteiger partial charge in [-0.3, -0.25) is 0 Å². The summed E-state index contributed by atoms with van der Waals surface area (Å²) in [6.45, 7) is 5.13. The zero-order valence-corrected chi connectivity index (χ0v) is 12.9. The summed E-state index contributed by atoms with van der Waals surface area (Å²) in [5, 5.41) is 4.37. The van der Waals surface area contributed by atoms with Crippen molar-refractivity contribution in [3.63, 3.8) is 0 Å². The molecule has 106 valence electrons. The minimum absolute atomic E-state index is 0.487. The summed E-state index contributed by atoms with van der Waals surface area (Å²) in [5.41, 5.74) is 1.20. The molecule has 0 saturated heterocycles. The molecule has 0 aliphatic heterocycles. The van der Waals surface area contributed by atoms with Crippen molar-refractivity contribution >= 4 is 11.8 Å². The van der Waals surface area contributed by atoms with Gasteiger partial charge in [-0.05, 0) is 29.8 Å². The van der Waals surface area contributed by atoms with Crippen molar-refractivity contribution in [2.24, 2.45) is 0 Å². The van der Waals surface area contributed by atoms with E-state index in [9.17, 15) is 0 Å². The number of pyridine rings is 1. The Bertz CT molecular complexity index is 540. The molecule has 0 saturated carbocycles. The summed E-state index contributed by atoms with van der Waals surface area (Å²) in [6, 6.07) is 12.7. The van der Waals surface area contributed by atoms with Gasteiger partial charge in [-0.1, -0.05) is 37.7 Å². The smallest absolute Gasteiger partial charge is 0.119 e. The minimum Gasteiger partial charge on any atom is -0.497 e. The van der Waals surface area contributed by atoms with E-state index in [0.717, 1.165) is 22.2 Å². The number of nitrogens with zero attached hydrogens (tertiary/aromatic N) is 1. The molecule has 0 atom stereocenters. The SMILES string of the molecule is COc1cccc(Sc2ccc(CNC(C)C)cn2)c1. The van der Waals surface area contributed by atoms with Crippen LogP contribution in [0.15, 0.2) is 52.5 Å². The van der Waals surface area contributed by atoms with Gasteiger partial charge in [-0.2, -0.15) is 0 Å². The van der Waals surface area contributed by atoms with E-state index in [4.69, 9.17) is 4.74 Å². The van der Waals surface area contributed by atoms with E-state index in [0.29, 0.717) is 6.04 Å². The Kier molecular flexibility index (Phi) is 5.44. The maximum Gasteiger partial charge on any atom is 0.119 e. The second-order valence-electron chi connectivity index (χ2n) is 4.82. The number of nitrogens with one attached hydrogen (secondary N) is 1. The van der Waals surface area contributed by atoms with Crippen molar-refractivity contribution in [3.05, 3.63) is 48.2 Å². The average molecular weight is 288 g/mol. The van der Waals surface area contributed by atoms with E-state index >= 15 is 0 Å². The van der Waals surface area contributed by atoms with Gasteiger partial charge >= 0.3 is 0 Å². The number of benzene rings is 1. The van der Waals surface area contributed by atoms with Gasteiger partial charge in [-0.25, -0.2) is 4.98 Å². The molecular weight excluding hydrogens is 268 g/mol. The van der Waals surface area contributed by atoms with E-state index in [2.05, 4.69) is 42.3 Å². The van der Waals surface area contributed by atoms with Gasteiger partial charge < -0.3 is 10.1 Å². The first kappa shape index (κ1) is 14.9. The summed E-state index contributed by atoms with van der Waals surface area (Å²) in [7, 11) is 1.68. The molecule has 0 unspecified atom stereocenters. The summed E-state index contributed by atoms with van der Waals surface area (Å²) in [6.07, 6.45) is 1.93. The highest BCUT2D eigenvalue weighted by Gasteiger charge is 2.01. The maximum absolute atomic E-state index is 5.22. The van der Waals surface area contributed by atoms with Crippen LogP contribution in [0.5, 0.6) is 5.75 Å². The molecule has 1 aromatic carbocycles. The fourth-order valence-electron chi connectivity index (χ4n) is 1.68. The zero-order chi connectivity index (χ0) is 14.4. The van der Waals surface area contributed by atoms with E-state index in [-0.39, 0.29) is 0 Å². The van der Waals surface area contributed by atoms with E-state index in [1.54, 1.807) is 18.9 Å². The first-order chi connectivity index (χ1) is 9.67. The fraction of sp³-hybridized carbons (Fsp3) is 0.312. The van der Waals surface area contributed by atoms with E-state index in [1.807, 2.05) is 24.4 Å². The normalized spacial score (nSPS) is 10.8. The Morgan fingerprint density at radius 3 is 2.75 bits per heavy atom. The van der Waals surface area contributed by atoms with E-state index < -0.39 is 0 Å². The lowest BCUT2D eigenvalue weighted by Crippen LogP contribution is -2.21. The first-order valence-electron chi connectivity index (χ1n) is 6.67. The van der Waals surface area contributed by atoms with Crippen LogP contribution in [0.2, 0.25) is 0 Å². The Morgan fingerprint density at radius 2 is 2.10 bits per heavy atom. The van der Waals surface area contributed by atoms with Crippen LogP contribution in [-0.4, -0.2) is 18.1 Å². The third-order valence-electron chi connectivity index (χ3n) is 2.78. The molecule has 0 radical (unpaired) electrons. The molecule has 0 bridgehead atoms. The number of hydrogen-bond donors (Lipinski definition) is 1. The molecule has 1 aromatic heterocycles. The molecule has 2 aromatic rings. The van der Waals surface area contributed by atoms with Crippen molar-refractivity contribution < 1.29 is 4.74 Å². The van der Waals surface area contributed by atoms with Crippen LogP contribution in [0.4, 0.5) is 0 Å². The molecule has 0 fully saturated rings. The van der Waals surface area contributed by atoms with Gasteiger partial charge in [0.25, 0.3) is 0 Å². The lowest BCUT2D eigenvalue weighted by molar-refractivity contribution is 0.413. The summed E-state index contributed by atoms with van der Waals surface area (Å²) in [5.74, 6) is 0.868. The number of aromatic nitrogens is 1. The Morgan fingerprint density at radius 1 is 1.25 bits per heavy atom. The molecule has 1 heterocycles. The van der Waals surface area contributed by atoms with Crippen LogP contribution < -0.4 is 10.1 Å². The number of rotatable bonds is 6. The van der Waals surface area contributed by atoms with Crippen molar-refractivity contribution in [2.45, 2.75) is 36.4 Å². The summed E-state index contributed by atoms with van der Waals surface area (Å²) >= 11 is 1.64. The molecule has 0 spiro atoms. The number of hydrogen-bond acceptors (Lipinski definition) is 4. The highest BCUT2D eigenvalue weighted by atomic mass is 32.2. The van der Waals surface area contributed by atoms with Crippen molar-refractivity contribution in [2.75, 3.05) is 7.11 Å². The molecule has 20 heavy (non-hydrogen) atoms. The zero-order valence-electron chi connectivity index (χ0n) is 12.1. The molecule has 0 aliphatic carbocycles. The molecule has 4 heteroatoms. The Hall–Kier alpha value is -1.52. The average Bonchev–Trinajstić information content (AvgIpc) is 2.47. The number of methoxy groups -OCH3 is 1. The minimum atomic E-state index is 0.487. The highest BCUT2D eigenvalue weighted by Crippen LogP contribution is 2.28. The Balaban J connectivity index is 1.99. The summed E-state index contributed by atoms with van der Waals surface area (Å²) < 4.78 is 5.22. The Labute approximate surface area is 124 Å². The topological polar surface area (TPSA) is 34.1 Å². The van der Waals surface area contributed by atoms with Gasteiger partial charge in [0.2, 0.25) is 0 Å². The number of ether oxygens (including phenoxy) is 1. The molecule has 3 nitrogen and oxygen atoms in total. The predicted molar refractivity (Wildman–Crippen MR) is 83.3 cm³/mol. The molecule has 2 rings (SSSR count). The van der Waals surface area contributed by atoms with Gasteiger partial charge in [0, 0.05) is 23.7 Å². The van der Waals surface area contributed by atoms with Crippen LogP contribution in [0.3, 0.4) is 0 Å². The second-order valence-corrected chi connectivity index (χ2v) is 5.92. The quantitative estimate of drug-likeness (QED) is 0.878. The second kappa shape index (κ2) is 7.31. The molecule has 0 amide bonds. The first-order valence-corrected chi connectivity index (χ1v) is 7.49. The fourth-order valence-corrected chi connectivity index (χ4v) is 2.49. The van der Waals surface area contributed by atoms with Crippen LogP contribution in [0, 0.1) is 0 Å². The third-order valence-corrected chi connectivity index (χ3v) is 3.72. The van der Waals surface area contributed by atoms with Gasteiger partial charge in [0.1, 0.15) is 10.8 Å². The van der Waals surface area contributed by atoms with Crippen molar-refractivity contribution in [1.29, 1.82) is 0 Å². The standard InChI is InChI=1S/C16H20N2OS/c1-12(2)17-10-13-7-8-16(18-11-13)20-15-6-4-5-14(9-15)19-3/h4-9,11-12,17H,10H2,1-3H3. The van der Waals surface area contributed by atoms with Crippen LogP contribution in [-0.2, 0) is 6.54 Å². The van der Waals surface area contributed by atoms with Crippen molar-refractivity contribution in [3.8, 4) is 5.75 Å².